The number of hydrogen-bond acceptors (Lipinski definition) is 6. The molecule has 3 aromatic rings. The summed E-state index contributed by atoms with van der Waals surface area (Å²) in [5.74, 6) is 0.362. The van der Waals surface area contributed by atoms with Gasteiger partial charge >= 0.3 is 11.4 Å². The summed E-state index contributed by atoms with van der Waals surface area (Å²) in [6.07, 6.45) is 5.84. The molecule has 0 aliphatic heterocycles. The van der Waals surface area contributed by atoms with Crippen molar-refractivity contribution >= 4 is 12.0 Å². The van der Waals surface area contributed by atoms with Crippen LogP contribution in [0, 0.1) is 6.92 Å². The van der Waals surface area contributed by atoms with Crippen molar-refractivity contribution in [3.63, 3.8) is 0 Å². The normalized spacial score (nSPS) is 11.0. The number of aryl methyl sites for hydroxylation is 1. The lowest BCUT2D eigenvalue weighted by atomic mass is 10.2. The van der Waals surface area contributed by atoms with E-state index in [0.29, 0.717) is 11.3 Å². The number of rotatable bonds is 9. The highest BCUT2D eigenvalue weighted by Gasteiger charge is 2.13. The van der Waals surface area contributed by atoms with Crippen molar-refractivity contribution in [3.05, 3.63) is 102 Å². The largest absolute Gasteiger partial charge is 0.497 e. The van der Waals surface area contributed by atoms with E-state index in [1.165, 1.54) is 38.6 Å². The summed E-state index contributed by atoms with van der Waals surface area (Å²) in [6, 6.07) is 8.37. The highest BCUT2D eigenvalue weighted by Crippen LogP contribution is 2.12. The lowest BCUT2D eigenvalue weighted by Crippen LogP contribution is -2.40. The zero-order chi connectivity index (χ0) is 24.7. The van der Waals surface area contributed by atoms with Crippen LogP contribution in [-0.4, -0.2) is 50.1 Å². The number of methoxy groups -OCH3 is 1. The van der Waals surface area contributed by atoms with Crippen LogP contribution in [0.25, 0.3) is 6.08 Å². The van der Waals surface area contributed by atoms with Crippen molar-refractivity contribution in [2.45, 2.75) is 20.0 Å². The second-order valence-electron chi connectivity index (χ2n) is 7.50. The number of nitrogens with one attached hydrogen (secondary N) is 2. The van der Waals surface area contributed by atoms with Gasteiger partial charge in [0.2, 0.25) is 5.91 Å². The molecule has 11 nitrogen and oxygen atoms in total. The van der Waals surface area contributed by atoms with Crippen LogP contribution in [0.2, 0.25) is 0 Å². The van der Waals surface area contributed by atoms with Gasteiger partial charge in [0, 0.05) is 56.3 Å². The number of aromatic nitrogens is 4. The van der Waals surface area contributed by atoms with Gasteiger partial charge in [-0.1, -0.05) is 12.1 Å². The monoisotopic (exact) mass is 467 g/mol. The van der Waals surface area contributed by atoms with Gasteiger partial charge in [0.1, 0.15) is 5.75 Å². The van der Waals surface area contributed by atoms with Crippen LogP contribution in [-0.2, 0) is 17.9 Å². The SMILES string of the molecule is COc1ccc(/C=C/C(=O)N(CCn2ccc(=O)[nH]c2=O)CCn2cc(C)c(=O)[nH]c2=O)cc1. The molecular weight excluding hydrogens is 442 g/mol. The molecule has 0 fully saturated rings. The number of H-pyrrole nitrogens is 2. The summed E-state index contributed by atoms with van der Waals surface area (Å²) >= 11 is 0. The topological polar surface area (TPSA) is 139 Å². The van der Waals surface area contributed by atoms with Gasteiger partial charge < -0.3 is 9.64 Å². The minimum atomic E-state index is -0.582. The first-order valence-corrected chi connectivity index (χ1v) is 10.5. The summed E-state index contributed by atoms with van der Waals surface area (Å²) in [7, 11) is 1.56. The summed E-state index contributed by atoms with van der Waals surface area (Å²) in [5.41, 5.74) is -0.969. The third-order valence-electron chi connectivity index (χ3n) is 5.15. The van der Waals surface area contributed by atoms with Gasteiger partial charge in [0.15, 0.2) is 0 Å². The molecule has 0 saturated carbocycles. The molecule has 178 valence electrons. The summed E-state index contributed by atoms with van der Waals surface area (Å²) in [6.45, 7) is 2.15. The van der Waals surface area contributed by atoms with Crippen LogP contribution in [0.4, 0.5) is 0 Å². The second kappa shape index (κ2) is 10.9. The van der Waals surface area contributed by atoms with E-state index >= 15 is 0 Å². The maximum absolute atomic E-state index is 13.0. The molecule has 0 saturated heterocycles. The molecule has 0 aliphatic rings. The molecule has 2 N–H and O–H groups in total. The van der Waals surface area contributed by atoms with E-state index in [1.54, 1.807) is 44.4 Å². The molecule has 0 bridgehead atoms. The third kappa shape index (κ3) is 6.31. The van der Waals surface area contributed by atoms with E-state index in [1.807, 2.05) is 0 Å². The lowest BCUT2D eigenvalue weighted by molar-refractivity contribution is -0.126. The van der Waals surface area contributed by atoms with Crippen molar-refractivity contribution in [1.29, 1.82) is 0 Å². The van der Waals surface area contributed by atoms with Gasteiger partial charge in [-0.15, -0.1) is 0 Å². The Kier molecular flexibility index (Phi) is 7.80. The number of nitrogens with zero attached hydrogens (tertiary/aromatic N) is 3. The number of aromatic amines is 2. The molecular formula is C23H25N5O6. The average Bonchev–Trinajstić information content (AvgIpc) is 2.82. The summed E-state index contributed by atoms with van der Waals surface area (Å²) in [4.78, 5) is 65.8. The predicted octanol–water partition coefficient (Wildman–Crippen LogP) is -0.0542. The molecule has 0 spiro atoms. The quantitative estimate of drug-likeness (QED) is 0.423. The minimum Gasteiger partial charge on any atom is -0.497 e. The molecule has 2 aromatic heterocycles. The van der Waals surface area contributed by atoms with E-state index < -0.39 is 22.5 Å². The van der Waals surface area contributed by atoms with Gasteiger partial charge in [0.05, 0.1) is 7.11 Å². The standard InChI is InChI=1S/C23H25N5O6/c1-16-15-28(23(33)25-21(16)31)14-12-26(11-13-27-10-9-19(29)24-22(27)32)20(30)8-5-17-3-6-18(34-2)7-4-17/h3-10,15H,11-14H2,1-2H3,(H,24,29,32)(H,25,31,33)/b8-5+. The fourth-order valence-electron chi connectivity index (χ4n) is 3.18. The van der Waals surface area contributed by atoms with Crippen molar-refractivity contribution in [2.24, 2.45) is 0 Å². The maximum atomic E-state index is 13.0. The van der Waals surface area contributed by atoms with Gasteiger partial charge in [-0.25, -0.2) is 9.59 Å². The minimum absolute atomic E-state index is 0.136. The Bertz CT molecular complexity index is 1410. The highest BCUT2D eigenvalue weighted by molar-refractivity contribution is 5.91. The molecule has 34 heavy (non-hydrogen) atoms. The molecule has 0 radical (unpaired) electrons. The Morgan fingerprint density at radius 1 is 0.971 bits per heavy atom. The highest BCUT2D eigenvalue weighted by atomic mass is 16.5. The lowest BCUT2D eigenvalue weighted by Gasteiger charge is -2.22. The number of benzene rings is 1. The van der Waals surface area contributed by atoms with Crippen LogP contribution in [0.3, 0.4) is 0 Å². The second-order valence-corrected chi connectivity index (χ2v) is 7.50. The van der Waals surface area contributed by atoms with E-state index in [4.69, 9.17) is 4.74 Å². The van der Waals surface area contributed by atoms with Crippen molar-refractivity contribution in [3.8, 4) is 5.75 Å². The van der Waals surface area contributed by atoms with Gasteiger partial charge in [0.25, 0.3) is 11.1 Å². The number of ether oxygens (including phenoxy) is 1. The average molecular weight is 467 g/mol. The first kappa shape index (κ1) is 24.2. The molecule has 1 amide bonds. The summed E-state index contributed by atoms with van der Waals surface area (Å²) < 4.78 is 7.72. The van der Waals surface area contributed by atoms with E-state index in [0.717, 1.165) is 5.56 Å². The van der Waals surface area contributed by atoms with Crippen molar-refractivity contribution in [1.82, 2.24) is 24.0 Å². The third-order valence-corrected chi connectivity index (χ3v) is 5.15. The molecule has 1 aromatic carbocycles. The number of carbonyl (C=O) groups excluding carboxylic acids is 1. The Hall–Kier alpha value is -4.41. The Labute approximate surface area is 193 Å². The molecule has 0 unspecified atom stereocenters. The van der Waals surface area contributed by atoms with Gasteiger partial charge in [-0.2, -0.15) is 0 Å². The first-order valence-electron chi connectivity index (χ1n) is 10.5. The Morgan fingerprint density at radius 2 is 1.62 bits per heavy atom. The Morgan fingerprint density at radius 3 is 2.26 bits per heavy atom. The number of amides is 1. The molecule has 11 heteroatoms. The van der Waals surface area contributed by atoms with Crippen molar-refractivity contribution < 1.29 is 9.53 Å². The zero-order valence-electron chi connectivity index (χ0n) is 18.8. The predicted molar refractivity (Wildman–Crippen MR) is 126 cm³/mol. The van der Waals surface area contributed by atoms with Crippen LogP contribution < -0.4 is 27.2 Å². The van der Waals surface area contributed by atoms with Gasteiger partial charge in [-0.3, -0.25) is 33.5 Å². The van der Waals surface area contributed by atoms with Crippen LogP contribution in [0.15, 0.2) is 68.0 Å². The Balaban J connectivity index is 1.78. The maximum Gasteiger partial charge on any atom is 0.328 e. The smallest absolute Gasteiger partial charge is 0.328 e. The first-order chi connectivity index (χ1) is 16.3. The summed E-state index contributed by atoms with van der Waals surface area (Å²) in [5, 5.41) is 0. The molecule has 0 atom stereocenters. The van der Waals surface area contributed by atoms with Crippen LogP contribution in [0.5, 0.6) is 5.75 Å². The molecule has 0 aliphatic carbocycles. The molecule has 2 heterocycles. The zero-order valence-corrected chi connectivity index (χ0v) is 18.8. The van der Waals surface area contributed by atoms with Gasteiger partial charge in [-0.05, 0) is 30.7 Å². The van der Waals surface area contributed by atoms with Crippen LogP contribution in [0.1, 0.15) is 11.1 Å². The van der Waals surface area contributed by atoms with Crippen molar-refractivity contribution in [2.75, 3.05) is 20.2 Å². The van der Waals surface area contributed by atoms with Crippen LogP contribution >= 0.6 is 0 Å². The number of carbonyl (C=O) groups is 1. The van der Waals surface area contributed by atoms with E-state index in [2.05, 4.69) is 9.97 Å². The fourth-order valence-corrected chi connectivity index (χ4v) is 3.18. The van der Waals surface area contributed by atoms with E-state index in [-0.39, 0.29) is 32.1 Å². The molecule has 3 rings (SSSR count). The fraction of sp³-hybridized carbons (Fsp3) is 0.261. The number of hydrogen-bond donors (Lipinski definition) is 2. The van der Waals surface area contributed by atoms with E-state index in [9.17, 15) is 24.0 Å².